The van der Waals surface area contributed by atoms with Gasteiger partial charge in [0, 0.05) is 19.5 Å². The second kappa shape index (κ2) is 8.75. The lowest BCUT2D eigenvalue weighted by Crippen LogP contribution is -2.32. The van der Waals surface area contributed by atoms with Crippen LogP contribution in [0.4, 0.5) is 0 Å². The Labute approximate surface area is 124 Å². The number of likely N-dealkylation sites (N-methyl/N-ethyl adjacent to an activating group) is 1. The number of aliphatic hydroxyl groups excluding tert-OH is 1. The molecule has 0 fully saturated rings. The highest BCUT2D eigenvalue weighted by molar-refractivity contribution is 7.14. The molecule has 110 valence electrons. The van der Waals surface area contributed by atoms with Crippen molar-refractivity contribution >= 4 is 17.2 Å². The minimum atomic E-state index is -0.0437. The van der Waals surface area contributed by atoms with E-state index in [4.69, 9.17) is 5.11 Å². The summed E-state index contributed by atoms with van der Waals surface area (Å²) in [5.41, 5.74) is 1.01. The van der Waals surface area contributed by atoms with E-state index in [0.717, 1.165) is 23.5 Å². The van der Waals surface area contributed by atoms with Gasteiger partial charge in [-0.3, -0.25) is 4.79 Å². The van der Waals surface area contributed by atoms with Gasteiger partial charge in [0.05, 0.1) is 16.4 Å². The van der Waals surface area contributed by atoms with Crippen molar-refractivity contribution in [2.75, 3.05) is 33.3 Å². The summed E-state index contributed by atoms with van der Waals surface area (Å²) in [5.74, 6) is 5.83. The Morgan fingerprint density at radius 1 is 1.55 bits per heavy atom. The topological polar surface area (TPSA) is 52.6 Å². The van der Waals surface area contributed by atoms with Gasteiger partial charge >= 0.3 is 0 Å². The van der Waals surface area contributed by atoms with Gasteiger partial charge in [-0.2, -0.15) is 0 Å². The van der Waals surface area contributed by atoms with Gasteiger partial charge in [-0.1, -0.05) is 18.8 Å². The molecule has 1 amide bonds. The molecule has 1 heterocycles. The van der Waals surface area contributed by atoms with Crippen molar-refractivity contribution in [1.82, 2.24) is 10.2 Å². The van der Waals surface area contributed by atoms with E-state index >= 15 is 0 Å². The standard InChI is InChI=1S/C15H22N2O2S/c1-4-17(3)9-8-16-15(19)14-11-12(2)13(20-14)7-5-6-10-18/h11,18H,4,6,8-10H2,1-3H3,(H,16,19). The van der Waals surface area contributed by atoms with Crippen LogP contribution in [0.2, 0.25) is 0 Å². The largest absolute Gasteiger partial charge is 0.395 e. The zero-order valence-corrected chi connectivity index (χ0v) is 13.1. The zero-order chi connectivity index (χ0) is 15.0. The Hall–Kier alpha value is -1.35. The number of nitrogens with zero attached hydrogens (tertiary/aromatic N) is 1. The molecule has 5 heteroatoms. The van der Waals surface area contributed by atoms with Crippen LogP contribution in [0, 0.1) is 18.8 Å². The van der Waals surface area contributed by atoms with E-state index < -0.39 is 0 Å². The molecule has 0 saturated heterocycles. The molecule has 0 aromatic carbocycles. The van der Waals surface area contributed by atoms with Crippen molar-refractivity contribution in [2.24, 2.45) is 0 Å². The number of aryl methyl sites for hydroxylation is 1. The van der Waals surface area contributed by atoms with Crippen LogP contribution in [0.1, 0.15) is 33.5 Å². The lowest BCUT2D eigenvalue weighted by Gasteiger charge is -2.13. The highest BCUT2D eigenvalue weighted by Gasteiger charge is 2.11. The van der Waals surface area contributed by atoms with Crippen LogP contribution in [0.25, 0.3) is 0 Å². The van der Waals surface area contributed by atoms with Crippen LogP contribution in [-0.2, 0) is 0 Å². The van der Waals surface area contributed by atoms with E-state index in [1.807, 2.05) is 20.0 Å². The van der Waals surface area contributed by atoms with E-state index in [9.17, 15) is 4.79 Å². The van der Waals surface area contributed by atoms with Crippen LogP contribution in [0.5, 0.6) is 0 Å². The molecule has 1 rings (SSSR count). The lowest BCUT2D eigenvalue weighted by atomic mass is 10.2. The highest BCUT2D eigenvalue weighted by atomic mass is 32.1. The summed E-state index contributed by atoms with van der Waals surface area (Å²) in [7, 11) is 2.02. The maximum atomic E-state index is 12.0. The maximum Gasteiger partial charge on any atom is 0.261 e. The summed E-state index contributed by atoms with van der Waals surface area (Å²) in [6, 6.07) is 1.87. The Kier molecular flexibility index (Phi) is 7.31. The van der Waals surface area contributed by atoms with Crippen LogP contribution in [-0.4, -0.2) is 49.2 Å². The van der Waals surface area contributed by atoms with Crippen LogP contribution in [0.15, 0.2) is 6.07 Å². The van der Waals surface area contributed by atoms with Gasteiger partial charge in [-0.25, -0.2) is 0 Å². The first-order chi connectivity index (χ1) is 9.58. The molecule has 0 aliphatic heterocycles. The third-order valence-corrected chi connectivity index (χ3v) is 4.05. The highest BCUT2D eigenvalue weighted by Crippen LogP contribution is 2.20. The van der Waals surface area contributed by atoms with E-state index in [1.165, 1.54) is 11.3 Å². The Morgan fingerprint density at radius 2 is 2.30 bits per heavy atom. The molecule has 0 aliphatic carbocycles. The molecule has 0 atom stereocenters. The summed E-state index contributed by atoms with van der Waals surface area (Å²) in [6.45, 7) is 6.55. The second-order valence-corrected chi connectivity index (χ2v) is 5.60. The van der Waals surface area contributed by atoms with Crippen molar-refractivity contribution in [2.45, 2.75) is 20.3 Å². The first-order valence-electron chi connectivity index (χ1n) is 6.75. The molecule has 4 nitrogen and oxygen atoms in total. The molecule has 2 N–H and O–H groups in total. The van der Waals surface area contributed by atoms with Gasteiger partial charge in [0.2, 0.25) is 0 Å². The van der Waals surface area contributed by atoms with Gasteiger partial charge in [0.1, 0.15) is 0 Å². The smallest absolute Gasteiger partial charge is 0.261 e. The molecule has 0 radical (unpaired) electrons. The molecule has 0 aliphatic rings. The monoisotopic (exact) mass is 294 g/mol. The number of hydrogen-bond acceptors (Lipinski definition) is 4. The number of aliphatic hydroxyl groups is 1. The van der Waals surface area contributed by atoms with Crippen molar-refractivity contribution in [3.05, 3.63) is 21.4 Å². The molecule has 0 saturated carbocycles. The number of nitrogens with one attached hydrogen (secondary N) is 1. The molecule has 20 heavy (non-hydrogen) atoms. The van der Waals surface area contributed by atoms with E-state index in [2.05, 4.69) is 29.0 Å². The second-order valence-electron chi connectivity index (χ2n) is 4.55. The number of hydrogen-bond donors (Lipinski definition) is 2. The van der Waals surface area contributed by atoms with Crippen LogP contribution in [0.3, 0.4) is 0 Å². The molecule has 1 aromatic rings. The quantitative estimate of drug-likeness (QED) is 0.781. The normalized spacial score (nSPS) is 10.2. The number of carbonyl (C=O) groups is 1. The van der Waals surface area contributed by atoms with E-state index in [0.29, 0.717) is 17.8 Å². The predicted octanol–water partition coefficient (Wildman–Crippen LogP) is 1.47. The third-order valence-electron chi connectivity index (χ3n) is 2.90. The average molecular weight is 294 g/mol. The third kappa shape index (κ3) is 5.33. The molecule has 0 bridgehead atoms. The van der Waals surface area contributed by atoms with Crippen molar-refractivity contribution in [3.8, 4) is 11.8 Å². The summed E-state index contributed by atoms with van der Waals surface area (Å²) in [6.07, 6.45) is 0.461. The predicted molar refractivity (Wildman–Crippen MR) is 83.1 cm³/mol. The number of thiophene rings is 1. The van der Waals surface area contributed by atoms with Crippen molar-refractivity contribution < 1.29 is 9.90 Å². The van der Waals surface area contributed by atoms with E-state index in [1.54, 1.807) is 0 Å². The Balaban J connectivity index is 2.57. The minimum Gasteiger partial charge on any atom is -0.395 e. The fourth-order valence-electron chi connectivity index (χ4n) is 1.52. The van der Waals surface area contributed by atoms with Crippen LogP contribution >= 0.6 is 11.3 Å². The van der Waals surface area contributed by atoms with E-state index in [-0.39, 0.29) is 12.5 Å². The van der Waals surface area contributed by atoms with Gasteiger partial charge in [0.25, 0.3) is 5.91 Å². The van der Waals surface area contributed by atoms with Crippen molar-refractivity contribution in [1.29, 1.82) is 0 Å². The zero-order valence-electron chi connectivity index (χ0n) is 12.3. The molecular weight excluding hydrogens is 272 g/mol. The maximum absolute atomic E-state index is 12.0. The molecule has 0 spiro atoms. The summed E-state index contributed by atoms with van der Waals surface area (Å²) < 4.78 is 0. The number of rotatable bonds is 6. The van der Waals surface area contributed by atoms with Gasteiger partial charge < -0.3 is 15.3 Å². The Bertz CT molecular complexity index is 500. The fourth-order valence-corrected chi connectivity index (χ4v) is 2.49. The lowest BCUT2D eigenvalue weighted by molar-refractivity contribution is 0.0954. The first kappa shape index (κ1) is 16.7. The average Bonchev–Trinajstić information content (AvgIpc) is 2.80. The van der Waals surface area contributed by atoms with Crippen molar-refractivity contribution in [3.63, 3.8) is 0 Å². The van der Waals surface area contributed by atoms with Gasteiger partial charge in [-0.15, -0.1) is 11.3 Å². The molecule has 1 aromatic heterocycles. The van der Waals surface area contributed by atoms with Gasteiger partial charge in [-0.05, 0) is 32.1 Å². The first-order valence-corrected chi connectivity index (χ1v) is 7.57. The Morgan fingerprint density at radius 3 is 2.95 bits per heavy atom. The summed E-state index contributed by atoms with van der Waals surface area (Å²) in [4.78, 5) is 15.7. The number of carbonyl (C=O) groups excluding carboxylic acids is 1. The summed E-state index contributed by atoms with van der Waals surface area (Å²) in [5, 5.41) is 11.6. The van der Waals surface area contributed by atoms with Gasteiger partial charge in [0.15, 0.2) is 0 Å². The van der Waals surface area contributed by atoms with Crippen LogP contribution < -0.4 is 5.32 Å². The SMILES string of the molecule is CCN(C)CCNC(=O)c1cc(C)c(C#CCCO)s1. The fraction of sp³-hybridized carbons (Fsp3) is 0.533. The molecular formula is C15H22N2O2S. The number of amides is 1. The molecule has 0 unspecified atom stereocenters. The minimum absolute atomic E-state index is 0.0437. The summed E-state index contributed by atoms with van der Waals surface area (Å²) >= 11 is 1.40.